The van der Waals surface area contributed by atoms with E-state index in [0.29, 0.717) is 27.8 Å². The zero-order chi connectivity index (χ0) is 15.4. The molecule has 1 N–H and O–H groups in total. The van der Waals surface area contributed by atoms with Gasteiger partial charge in [-0.25, -0.2) is 0 Å². The third-order valence-electron chi connectivity index (χ3n) is 3.09. The van der Waals surface area contributed by atoms with Crippen LogP contribution in [0.25, 0.3) is 0 Å². The second kappa shape index (κ2) is 6.50. The Morgan fingerprint density at radius 3 is 2.48 bits per heavy atom. The third-order valence-corrected chi connectivity index (χ3v) is 3.50. The number of halogens is 1. The van der Waals surface area contributed by atoms with E-state index in [2.05, 4.69) is 5.32 Å². The van der Waals surface area contributed by atoms with Crippen molar-refractivity contribution in [2.24, 2.45) is 0 Å². The van der Waals surface area contributed by atoms with Gasteiger partial charge < -0.3 is 14.8 Å². The molecule has 0 bridgehead atoms. The van der Waals surface area contributed by atoms with Crippen LogP contribution in [0.5, 0.6) is 11.5 Å². The number of carbonyl (C=O) groups excluding carboxylic acids is 1. The molecule has 110 valence electrons. The molecule has 1 amide bonds. The lowest BCUT2D eigenvalue weighted by atomic mass is 10.1. The average Bonchev–Trinajstić information content (AvgIpc) is 2.50. The quantitative estimate of drug-likeness (QED) is 0.931. The smallest absolute Gasteiger partial charge is 0.255 e. The van der Waals surface area contributed by atoms with E-state index >= 15 is 0 Å². The van der Waals surface area contributed by atoms with E-state index in [4.69, 9.17) is 21.1 Å². The number of hydrogen-bond acceptors (Lipinski definition) is 3. The summed E-state index contributed by atoms with van der Waals surface area (Å²) in [6.45, 7) is 1.89. The van der Waals surface area contributed by atoms with Crippen LogP contribution in [0.3, 0.4) is 0 Å². The van der Waals surface area contributed by atoms with Gasteiger partial charge in [-0.3, -0.25) is 4.79 Å². The highest BCUT2D eigenvalue weighted by molar-refractivity contribution is 6.31. The molecule has 0 radical (unpaired) electrons. The van der Waals surface area contributed by atoms with Crippen LogP contribution in [-0.2, 0) is 0 Å². The van der Waals surface area contributed by atoms with Crippen molar-refractivity contribution in [1.29, 1.82) is 0 Å². The first-order valence-electron chi connectivity index (χ1n) is 6.34. The molecule has 0 aliphatic carbocycles. The number of carbonyl (C=O) groups is 1. The first-order valence-corrected chi connectivity index (χ1v) is 6.72. The Morgan fingerprint density at radius 2 is 1.86 bits per heavy atom. The maximum atomic E-state index is 12.2. The molecular weight excluding hydrogens is 290 g/mol. The van der Waals surface area contributed by atoms with Crippen LogP contribution < -0.4 is 14.8 Å². The Labute approximate surface area is 128 Å². The summed E-state index contributed by atoms with van der Waals surface area (Å²) in [6, 6.07) is 10.4. The van der Waals surface area contributed by atoms with Crippen molar-refractivity contribution in [1.82, 2.24) is 0 Å². The second-order valence-electron chi connectivity index (χ2n) is 4.48. The summed E-state index contributed by atoms with van der Waals surface area (Å²) in [4.78, 5) is 12.2. The van der Waals surface area contributed by atoms with Crippen LogP contribution in [0.15, 0.2) is 36.4 Å². The van der Waals surface area contributed by atoms with Crippen molar-refractivity contribution in [3.05, 3.63) is 52.5 Å². The zero-order valence-electron chi connectivity index (χ0n) is 12.1. The number of ether oxygens (including phenoxy) is 2. The summed E-state index contributed by atoms with van der Waals surface area (Å²) in [6.07, 6.45) is 0. The number of rotatable bonds is 4. The fourth-order valence-electron chi connectivity index (χ4n) is 1.83. The molecule has 2 aromatic carbocycles. The Balaban J connectivity index is 2.24. The lowest BCUT2D eigenvalue weighted by Crippen LogP contribution is -2.12. The molecule has 0 atom stereocenters. The minimum absolute atomic E-state index is 0.250. The molecule has 0 heterocycles. The molecule has 0 saturated carbocycles. The van der Waals surface area contributed by atoms with Gasteiger partial charge >= 0.3 is 0 Å². The van der Waals surface area contributed by atoms with Crippen LogP contribution in [0.1, 0.15) is 15.9 Å². The Kier molecular flexibility index (Phi) is 4.70. The lowest BCUT2D eigenvalue weighted by Gasteiger charge is -2.12. The highest BCUT2D eigenvalue weighted by atomic mass is 35.5. The highest BCUT2D eigenvalue weighted by Crippen LogP contribution is 2.29. The van der Waals surface area contributed by atoms with Gasteiger partial charge in [0.05, 0.1) is 19.9 Å². The predicted molar refractivity (Wildman–Crippen MR) is 83.7 cm³/mol. The average molecular weight is 306 g/mol. The van der Waals surface area contributed by atoms with E-state index in [1.54, 1.807) is 37.4 Å². The summed E-state index contributed by atoms with van der Waals surface area (Å²) >= 11 is 6.04. The van der Waals surface area contributed by atoms with Crippen molar-refractivity contribution in [2.75, 3.05) is 19.5 Å². The Morgan fingerprint density at radius 1 is 1.10 bits per heavy atom. The molecule has 4 nitrogen and oxygen atoms in total. The largest absolute Gasteiger partial charge is 0.497 e. The number of hydrogen-bond donors (Lipinski definition) is 1. The van der Waals surface area contributed by atoms with Crippen molar-refractivity contribution < 1.29 is 14.3 Å². The molecule has 21 heavy (non-hydrogen) atoms. The third kappa shape index (κ3) is 3.47. The maximum Gasteiger partial charge on any atom is 0.255 e. The Bertz CT molecular complexity index is 671. The molecule has 2 aromatic rings. The lowest BCUT2D eigenvalue weighted by molar-refractivity contribution is 0.102. The molecule has 5 heteroatoms. The van der Waals surface area contributed by atoms with Gasteiger partial charge in [-0.05, 0) is 36.8 Å². The van der Waals surface area contributed by atoms with Crippen molar-refractivity contribution in [3.8, 4) is 11.5 Å². The summed E-state index contributed by atoms with van der Waals surface area (Å²) in [5, 5.41) is 3.36. The zero-order valence-corrected chi connectivity index (χ0v) is 12.8. The van der Waals surface area contributed by atoms with Crippen molar-refractivity contribution in [2.45, 2.75) is 6.92 Å². The molecule has 0 aromatic heterocycles. The van der Waals surface area contributed by atoms with Crippen LogP contribution in [0.4, 0.5) is 5.69 Å². The normalized spacial score (nSPS) is 10.1. The summed E-state index contributed by atoms with van der Waals surface area (Å²) in [5.41, 5.74) is 1.98. The minimum Gasteiger partial charge on any atom is -0.497 e. The molecule has 0 fully saturated rings. The van der Waals surface area contributed by atoms with E-state index < -0.39 is 0 Å². The summed E-state index contributed by atoms with van der Waals surface area (Å²) in [5.74, 6) is 0.935. The molecule has 0 spiro atoms. The van der Waals surface area contributed by atoms with Crippen molar-refractivity contribution >= 4 is 23.2 Å². The maximum absolute atomic E-state index is 12.2. The fourth-order valence-corrected chi connectivity index (χ4v) is 2.01. The number of benzene rings is 2. The van der Waals surface area contributed by atoms with Crippen LogP contribution >= 0.6 is 11.6 Å². The van der Waals surface area contributed by atoms with Crippen LogP contribution in [-0.4, -0.2) is 20.1 Å². The van der Waals surface area contributed by atoms with Gasteiger partial charge in [-0.15, -0.1) is 0 Å². The number of nitrogens with one attached hydrogen (secondary N) is 1. The number of aryl methyl sites for hydroxylation is 1. The molecule has 0 aliphatic rings. The summed E-state index contributed by atoms with van der Waals surface area (Å²) in [7, 11) is 3.11. The first kappa shape index (κ1) is 15.2. The summed E-state index contributed by atoms with van der Waals surface area (Å²) < 4.78 is 10.4. The molecule has 0 unspecified atom stereocenters. The SMILES string of the molecule is COc1ccc(NC(=O)c2ccc(C)c(Cl)c2)c(OC)c1. The molecule has 0 saturated heterocycles. The fraction of sp³-hybridized carbons (Fsp3) is 0.188. The van der Waals surface area contributed by atoms with Gasteiger partial charge in [0.1, 0.15) is 11.5 Å². The Hall–Kier alpha value is -2.20. The van der Waals surface area contributed by atoms with Crippen LogP contribution in [0.2, 0.25) is 5.02 Å². The van der Waals surface area contributed by atoms with Gasteiger partial charge in [-0.1, -0.05) is 17.7 Å². The van der Waals surface area contributed by atoms with Gasteiger partial charge in [0.25, 0.3) is 5.91 Å². The van der Waals surface area contributed by atoms with Gasteiger partial charge in [0.2, 0.25) is 0 Å². The predicted octanol–water partition coefficient (Wildman–Crippen LogP) is 3.92. The standard InChI is InChI=1S/C16H16ClNO3/c1-10-4-5-11(8-13(10)17)16(19)18-14-7-6-12(20-2)9-15(14)21-3/h4-9H,1-3H3,(H,18,19). The van der Waals surface area contributed by atoms with E-state index in [0.717, 1.165) is 5.56 Å². The van der Waals surface area contributed by atoms with Gasteiger partial charge in [0.15, 0.2) is 0 Å². The molecule has 0 aliphatic heterocycles. The van der Waals surface area contributed by atoms with Gasteiger partial charge in [-0.2, -0.15) is 0 Å². The highest BCUT2D eigenvalue weighted by Gasteiger charge is 2.11. The van der Waals surface area contributed by atoms with E-state index in [9.17, 15) is 4.79 Å². The van der Waals surface area contributed by atoms with Crippen LogP contribution in [0, 0.1) is 6.92 Å². The first-order chi connectivity index (χ1) is 10.0. The number of anilines is 1. The van der Waals surface area contributed by atoms with Crippen molar-refractivity contribution in [3.63, 3.8) is 0 Å². The number of methoxy groups -OCH3 is 2. The van der Waals surface area contributed by atoms with E-state index in [1.807, 2.05) is 13.0 Å². The van der Waals surface area contributed by atoms with E-state index in [1.165, 1.54) is 7.11 Å². The monoisotopic (exact) mass is 305 g/mol. The second-order valence-corrected chi connectivity index (χ2v) is 4.89. The van der Waals surface area contributed by atoms with E-state index in [-0.39, 0.29) is 5.91 Å². The molecular formula is C16H16ClNO3. The minimum atomic E-state index is -0.250. The molecule has 2 rings (SSSR count). The van der Waals surface area contributed by atoms with Gasteiger partial charge in [0, 0.05) is 16.7 Å². The topological polar surface area (TPSA) is 47.6 Å². The number of amides is 1.